The van der Waals surface area contributed by atoms with Crippen molar-refractivity contribution in [1.29, 1.82) is 0 Å². The summed E-state index contributed by atoms with van der Waals surface area (Å²) in [5, 5.41) is 5.73. The lowest BCUT2D eigenvalue weighted by Gasteiger charge is -2.18. The standard InChI is InChI=1S/C15H21N3O2/c1-10-5-4-6-11(2)14(10)17-13(19)9-18(3)15(20)16-12-7-8-12/h4-6,12H,7-9H2,1-3H3,(H,16,20)(H,17,19). The van der Waals surface area contributed by atoms with Gasteiger partial charge >= 0.3 is 6.03 Å². The molecule has 0 radical (unpaired) electrons. The summed E-state index contributed by atoms with van der Waals surface area (Å²) in [5.74, 6) is -0.184. The molecule has 0 aliphatic heterocycles. The Morgan fingerprint density at radius 1 is 1.25 bits per heavy atom. The third kappa shape index (κ3) is 3.73. The Hall–Kier alpha value is -2.04. The maximum Gasteiger partial charge on any atom is 0.317 e. The molecule has 1 aliphatic carbocycles. The molecule has 0 aromatic heterocycles. The number of urea groups is 1. The van der Waals surface area contributed by atoms with E-state index in [2.05, 4.69) is 10.6 Å². The summed E-state index contributed by atoms with van der Waals surface area (Å²) in [6.07, 6.45) is 2.07. The van der Waals surface area contributed by atoms with Crippen LogP contribution in [0, 0.1) is 13.8 Å². The summed E-state index contributed by atoms with van der Waals surface area (Å²) in [6.45, 7) is 3.95. The maximum absolute atomic E-state index is 12.0. The molecule has 108 valence electrons. The molecule has 0 bridgehead atoms. The highest BCUT2D eigenvalue weighted by Gasteiger charge is 2.25. The number of carbonyl (C=O) groups is 2. The van der Waals surface area contributed by atoms with E-state index in [4.69, 9.17) is 0 Å². The Balaban J connectivity index is 1.89. The third-order valence-corrected chi connectivity index (χ3v) is 3.38. The summed E-state index contributed by atoms with van der Waals surface area (Å²) in [7, 11) is 1.63. The van der Waals surface area contributed by atoms with Gasteiger partial charge in [-0.05, 0) is 37.8 Å². The molecule has 0 spiro atoms. The summed E-state index contributed by atoms with van der Waals surface area (Å²) < 4.78 is 0. The third-order valence-electron chi connectivity index (χ3n) is 3.38. The minimum absolute atomic E-state index is 0.0479. The zero-order valence-electron chi connectivity index (χ0n) is 12.2. The van der Waals surface area contributed by atoms with Crippen LogP contribution in [0.15, 0.2) is 18.2 Å². The Morgan fingerprint density at radius 3 is 2.40 bits per heavy atom. The van der Waals surface area contributed by atoms with Crippen LogP contribution >= 0.6 is 0 Å². The molecule has 0 heterocycles. The number of carbonyl (C=O) groups excluding carboxylic acids is 2. The van der Waals surface area contributed by atoms with E-state index in [1.165, 1.54) is 4.90 Å². The van der Waals surface area contributed by atoms with Gasteiger partial charge in [0.1, 0.15) is 6.54 Å². The van der Waals surface area contributed by atoms with Crippen LogP contribution in [-0.2, 0) is 4.79 Å². The first kappa shape index (κ1) is 14.4. The molecule has 0 atom stereocenters. The number of rotatable bonds is 4. The molecule has 1 saturated carbocycles. The summed E-state index contributed by atoms with van der Waals surface area (Å²) in [5.41, 5.74) is 2.86. The molecule has 0 unspecified atom stereocenters. The van der Waals surface area contributed by atoms with Gasteiger partial charge in [-0.2, -0.15) is 0 Å². The lowest BCUT2D eigenvalue weighted by Crippen LogP contribution is -2.42. The van der Waals surface area contributed by atoms with E-state index in [1.807, 2.05) is 32.0 Å². The van der Waals surface area contributed by atoms with E-state index >= 15 is 0 Å². The largest absolute Gasteiger partial charge is 0.335 e. The van der Waals surface area contributed by atoms with Gasteiger partial charge in [0.15, 0.2) is 0 Å². The molecule has 1 aromatic carbocycles. The average Bonchev–Trinajstić information content (AvgIpc) is 3.18. The first-order valence-electron chi connectivity index (χ1n) is 6.85. The summed E-state index contributed by atoms with van der Waals surface area (Å²) in [6, 6.07) is 5.96. The molecule has 3 amide bonds. The van der Waals surface area contributed by atoms with Crippen LogP contribution < -0.4 is 10.6 Å². The Bertz CT molecular complexity index is 504. The minimum Gasteiger partial charge on any atom is -0.335 e. The fraction of sp³-hybridized carbons (Fsp3) is 0.467. The number of hydrogen-bond acceptors (Lipinski definition) is 2. The number of amides is 3. The quantitative estimate of drug-likeness (QED) is 0.883. The van der Waals surface area contributed by atoms with E-state index in [9.17, 15) is 9.59 Å². The lowest BCUT2D eigenvalue weighted by atomic mass is 10.1. The highest BCUT2D eigenvalue weighted by molar-refractivity contribution is 5.95. The van der Waals surface area contributed by atoms with Gasteiger partial charge in [0, 0.05) is 18.8 Å². The Kier molecular flexibility index (Phi) is 4.27. The molecule has 5 heteroatoms. The number of benzene rings is 1. The van der Waals surface area contributed by atoms with Crippen molar-refractivity contribution >= 4 is 17.6 Å². The van der Waals surface area contributed by atoms with E-state index < -0.39 is 0 Å². The highest BCUT2D eigenvalue weighted by atomic mass is 16.2. The average molecular weight is 275 g/mol. The van der Waals surface area contributed by atoms with Gasteiger partial charge in [0.05, 0.1) is 0 Å². The smallest absolute Gasteiger partial charge is 0.317 e. The molecular formula is C15H21N3O2. The fourth-order valence-corrected chi connectivity index (χ4v) is 1.99. The van der Waals surface area contributed by atoms with Gasteiger partial charge in [-0.3, -0.25) is 4.79 Å². The van der Waals surface area contributed by atoms with Crippen molar-refractivity contribution < 1.29 is 9.59 Å². The van der Waals surface area contributed by atoms with Gasteiger partial charge < -0.3 is 15.5 Å². The van der Waals surface area contributed by atoms with Gasteiger partial charge in [-0.25, -0.2) is 4.79 Å². The van der Waals surface area contributed by atoms with Crippen molar-refractivity contribution in [3.63, 3.8) is 0 Å². The topological polar surface area (TPSA) is 61.4 Å². The number of nitrogens with zero attached hydrogens (tertiary/aromatic N) is 1. The number of likely N-dealkylation sites (N-methyl/N-ethyl adjacent to an activating group) is 1. The van der Waals surface area contributed by atoms with Gasteiger partial charge in [-0.1, -0.05) is 18.2 Å². The Labute approximate surface area is 119 Å². The van der Waals surface area contributed by atoms with Crippen molar-refractivity contribution in [1.82, 2.24) is 10.2 Å². The van der Waals surface area contributed by atoms with Crippen LogP contribution in [0.1, 0.15) is 24.0 Å². The molecule has 5 nitrogen and oxygen atoms in total. The number of para-hydroxylation sites is 1. The predicted octanol–water partition coefficient (Wildman–Crippen LogP) is 2.05. The second-order valence-corrected chi connectivity index (χ2v) is 5.39. The van der Waals surface area contributed by atoms with Gasteiger partial charge in [-0.15, -0.1) is 0 Å². The zero-order valence-corrected chi connectivity index (χ0v) is 12.2. The van der Waals surface area contributed by atoms with Crippen LogP contribution in [0.5, 0.6) is 0 Å². The molecule has 1 aromatic rings. The van der Waals surface area contributed by atoms with Crippen molar-refractivity contribution in [3.05, 3.63) is 29.3 Å². The van der Waals surface area contributed by atoms with Gasteiger partial charge in [0.25, 0.3) is 0 Å². The van der Waals surface area contributed by atoms with E-state index in [1.54, 1.807) is 7.05 Å². The highest BCUT2D eigenvalue weighted by Crippen LogP contribution is 2.20. The second-order valence-electron chi connectivity index (χ2n) is 5.39. The Morgan fingerprint density at radius 2 is 1.85 bits per heavy atom. The fourth-order valence-electron chi connectivity index (χ4n) is 1.99. The number of aryl methyl sites for hydroxylation is 2. The summed E-state index contributed by atoms with van der Waals surface area (Å²) in [4.78, 5) is 25.2. The monoisotopic (exact) mass is 275 g/mol. The van der Waals surface area contributed by atoms with Crippen LogP contribution in [0.25, 0.3) is 0 Å². The minimum atomic E-state index is -0.191. The van der Waals surface area contributed by atoms with Crippen LogP contribution in [0.3, 0.4) is 0 Å². The predicted molar refractivity (Wildman–Crippen MR) is 78.7 cm³/mol. The first-order chi connectivity index (χ1) is 9.47. The SMILES string of the molecule is Cc1cccc(C)c1NC(=O)CN(C)C(=O)NC1CC1. The van der Waals surface area contributed by atoms with Crippen LogP contribution in [-0.4, -0.2) is 36.5 Å². The first-order valence-corrected chi connectivity index (χ1v) is 6.85. The molecule has 20 heavy (non-hydrogen) atoms. The van der Waals surface area contributed by atoms with Crippen LogP contribution in [0.2, 0.25) is 0 Å². The van der Waals surface area contributed by atoms with E-state index in [0.717, 1.165) is 29.7 Å². The molecule has 2 rings (SSSR count). The second kappa shape index (κ2) is 5.94. The molecule has 1 aliphatic rings. The molecular weight excluding hydrogens is 254 g/mol. The van der Waals surface area contributed by atoms with Crippen molar-refractivity contribution in [2.45, 2.75) is 32.7 Å². The normalized spacial score (nSPS) is 13.8. The van der Waals surface area contributed by atoms with Crippen molar-refractivity contribution in [2.75, 3.05) is 18.9 Å². The molecule has 2 N–H and O–H groups in total. The number of anilines is 1. The molecule has 1 fully saturated rings. The number of nitrogens with one attached hydrogen (secondary N) is 2. The van der Waals surface area contributed by atoms with Gasteiger partial charge in [0.2, 0.25) is 5.91 Å². The van der Waals surface area contributed by atoms with Crippen molar-refractivity contribution in [3.8, 4) is 0 Å². The number of hydrogen-bond donors (Lipinski definition) is 2. The molecule has 0 saturated heterocycles. The summed E-state index contributed by atoms with van der Waals surface area (Å²) >= 11 is 0. The maximum atomic E-state index is 12.0. The van der Waals surface area contributed by atoms with Crippen LogP contribution in [0.4, 0.5) is 10.5 Å². The van der Waals surface area contributed by atoms with E-state index in [0.29, 0.717) is 6.04 Å². The van der Waals surface area contributed by atoms with Crippen molar-refractivity contribution in [2.24, 2.45) is 0 Å². The van der Waals surface area contributed by atoms with E-state index in [-0.39, 0.29) is 18.5 Å². The lowest BCUT2D eigenvalue weighted by molar-refractivity contribution is -0.116. The zero-order chi connectivity index (χ0) is 14.7.